The number of aliphatic carboxylic acids is 1. The van der Waals surface area contributed by atoms with Gasteiger partial charge in [0, 0.05) is 12.8 Å². The van der Waals surface area contributed by atoms with Crippen molar-refractivity contribution in [2.24, 2.45) is 11.8 Å². The number of amides is 3. The van der Waals surface area contributed by atoms with Crippen LogP contribution in [0.4, 0.5) is 9.59 Å². The Morgan fingerprint density at radius 3 is 1.85 bits per heavy atom. The summed E-state index contributed by atoms with van der Waals surface area (Å²) in [4.78, 5) is 45.9. The third-order valence-corrected chi connectivity index (χ3v) is 7.53. The number of rotatable bonds is 10. The Morgan fingerprint density at radius 1 is 0.780 bits per heavy atom. The Balaban J connectivity index is 0.000000158. The first-order valence-electron chi connectivity index (χ1n) is 14.6. The number of ether oxygens (including phenoxy) is 2. The lowest BCUT2D eigenvalue weighted by atomic mass is 10.1. The number of nitrogens with zero attached hydrogens (tertiary/aromatic N) is 1. The highest BCUT2D eigenvalue weighted by Gasteiger charge is 2.38. The average molecular weight is 565 g/mol. The summed E-state index contributed by atoms with van der Waals surface area (Å²) in [5.41, 5.74) is 2.34. The van der Waals surface area contributed by atoms with Gasteiger partial charge in [0.25, 0.3) is 0 Å². The SMILES string of the molecule is O=C(CCC1CC1)N1C(=O)OC[C@@H]1Cc1ccccc1.O=C(O)CCC1CC1.O=C1N[C@@H](Cc2ccccc2)CO1. The highest BCUT2D eigenvalue weighted by atomic mass is 16.6. The van der Waals surface area contributed by atoms with Crippen molar-refractivity contribution in [2.45, 2.75) is 76.3 Å². The molecule has 0 radical (unpaired) electrons. The molecule has 9 nitrogen and oxygen atoms in total. The summed E-state index contributed by atoms with van der Waals surface area (Å²) in [6.07, 6.45) is 8.32. The maximum absolute atomic E-state index is 12.2. The second-order valence-electron chi connectivity index (χ2n) is 11.2. The summed E-state index contributed by atoms with van der Waals surface area (Å²) in [6.45, 7) is 0.788. The van der Waals surface area contributed by atoms with E-state index in [-0.39, 0.29) is 24.1 Å². The summed E-state index contributed by atoms with van der Waals surface area (Å²) in [7, 11) is 0. The molecule has 2 heterocycles. The van der Waals surface area contributed by atoms with E-state index in [4.69, 9.17) is 14.6 Å². The van der Waals surface area contributed by atoms with E-state index in [1.807, 2.05) is 60.7 Å². The van der Waals surface area contributed by atoms with Crippen molar-refractivity contribution in [1.82, 2.24) is 10.2 Å². The molecular formula is C32H40N2O7. The molecule has 220 valence electrons. The number of nitrogens with one attached hydrogen (secondary N) is 1. The monoisotopic (exact) mass is 564 g/mol. The van der Waals surface area contributed by atoms with Gasteiger partial charge in [0.2, 0.25) is 5.91 Å². The minimum atomic E-state index is -0.656. The molecule has 4 aliphatic rings. The average Bonchev–Trinajstić information content (AvgIpc) is 3.90. The van der Waals surface area contributed by atoms with Crippen LogP contribution in [0.3, 0.4) is 0 Å². The van der Waals surface area contributed by atoms with Crippen LogP contribution in [0.2, 0.25) is 0 Å². The number of imide groups is 1. The third kappa shape index (κ3) is 10.9. The number of carboxylic acid groups (broad SMARTS) is 1. The van der Waals surface area contributed by atoms with Gasteiger partial charge in [0.1, 0.15) is 13.2 Å². The van der Waals surface area contributed by atoms with Gasteiger partial charge in [-0.15, -0.1) is 0 Å². The molecule has 0 spiro atoms. The summed E-state index contributed by atoms with van der Waals surface area (Å²) in [6, 6.07) is 19.9. The van der Waals surface area contributed by atoms with Crippen molar-refractivity contribution in [3.05, 3.63) is 71.8 Å². The molecule has 0 unspecified atom stereocenters. The number of carbonyl (C=O) groups is 4. The summed E-state index contributed by atoms with van der Waals surface area (Å²) >= 11 is 0. The van der Waals surface area contributed by atoms with Crippen LogP contribution in [0.5, 0.6) is 0 Å². The van der Waals surface area contributed by atoms with E-state index in [9.17, 15) is 19.2 Å². The molecule has 6 rings (SSSR count). The van der Waals surface area contributed by atoms with Crippen molar-refractivity contribution >= 4 is 24.1 Å². The Kier molecular flexibility index (Phi) is 11.2. The van der Waals surface area contributed by atoms with Gasteiger partial charge < -0.3 is 19.9 Å². The van der Waals surface area contributed by atoms with Crippen molar-refractivity contribution in [3.8, 4) is 0 Å². The summed E-state index contributed by atoms with van der Waals surface area (Å²) < 4.78 is 9.85. The minimum Gasteiger partial charge on any atom is -0.481 e. The molecule has 4 fully saturated rings. The lowest BCUT2D eigenvalue weighted by Crippen LogP contribution is -2.40. The van der Waals surface area contributed by atoms with Crippen LogP contribution in [0, 0.1) is 11.8 Å². The molecule has 9 heteroatoms. The van der Waals surface area contributed by atoms with Gasteiger partial charge in [-0.05, 0) is 48.6 Å². The number of hydrogen-bond acceptors (Lipinski definition) is 6. The van der Waals surface area contributed by atoms with E-state index in [1.165, 1.54) is 36.1 Å². The van der Waals surface area contributed by atoms with Crippen molar-refractivity contribution < 1.29 is 33.8 Å². The molecule has 0 bridgehead atoms. The predicted molar refractivity (Wildman–Crippen MR) is 152 cm³/mol. The van der Waals surface area contributed by atoms with E-state index < -0.39 is 12.1 Å². The van der Waals surface area contributed by atoms with E-state index in [0.29, 0.717) is 38.4 Å². The standard InChI is InChI=1S/C16H19NO3.C10H11NO2.C6H10O2/c18-15(9-8-12-6-7-12)17-14(11-20-16(17)19)10-13-4-2-1-3-5-13;12-10-11-9(7-13-10)6-8-4-2-1-3-5-8;7-6(8)4-3-5-1-2-5/h1-5,12,14H,6-11H2;1-5,9H,6-7H2,(H,11,12);5H,1-4H2,(H,7,8)/t14-;9-;/m00./s1. The fourth-order valence-electron chi connectivity index (χ4n) is 4.83. The van der Waals surface area contributed by atoms with Crippen LogP contribution in [-0.4, -0.2) is 59.4 Å². The second-order valence-corrected chi connectivity index (χ2v) is 11.2. The van der Waals surface area contributed by atoms with Crippen molar-refractivity contribution in [3.63, 3.8) is 0 Å². The van der Waals surface area contributed by atoms with Gasteiger partial charge in [-0.25, -0.2) is 14.5 Å². The molecule has 2 aromatic rings. The first kappa shape index (κ1) is 30.1. The van der Waals surface area contributed by atoms with Crippen molar-refractivity contribution in [1.29, 1.82) is 0 Å². The number of benzene rings is 2. The fourth-order valence-corrected chi connectivity index (χ4v) is 4.83. The molecule has 2 N–H and O–H groups in total. The molecule has 41 heavy (non-hydrogen) atoms. The first-order valence-corrected chi connectivity index (χ1v) is 14.6. The lowest BCUT2D eigenvalue weighted by Gasteiger charge is -2.19. The Bertz CT molecular complexity index is 1150. The summed E-state index contributed by atoms with van der Waals surface area (Å²) in [5.74, 6) is 0.716. The number of hydrogen-bond donors (Lipinski definition) is 2. The van der Waals surface area contributed by atoms with Gasteiger partial charge in [0.15, 0.2) is 0 Å². The largest absolute Gasteiger partial charge is 0.481 e. The first-order chi connectivity index (χ1) is 19.9. The zero-order valence-electron chi connectivity index (χ0n) is 23.4. The number of alkyl carbamates (subject to hydrolysis) is 1. The van der Waals surface area contributed by atoms with E-state index >= 15 is 0 Å². The van der Waals surface area contributed by atoms with Crippen LogP contribution < -0.4 is 5.32 Å². The third-order valence-electron chi connectivity index (χ3n) is 7.53. The van der Waals surface area contributed by atoms with Gasteiger partial charge in [-0.3, -0.25) is 9.59 Å². The van der Waals surface area contributed by atoms with E-state index in [0.717, 1.165) is 30.7 Å². The number of carboxylic acids is 1. The second kappa shape index (κ2) is 15.2. The molecule has 2 atom stereocenters. The van der Waals surface area contributed by atoms with Crippen LogP contribution in [0.15, 0.2) is 60.7 Å². The lowest BCUT2D eigenvalue weighted by molar-refractivity contribution is -0.137. The highest BCUT2D eigenvalue weighted by Crippen LogP contribution is 2.34. The van der Waals surface area contributed by atoms with Gasteiger partial charge >= 0.3 is 18.2 Å². The molecule has 2 saturated heterocycles. The quantitative estimate of drug-likeness (QED) is 0.398. The molecular weight excluding hydrogens is 524 g/mol. The molecule has 2 aromatic carbocycles. The van der Waals surface area contributed by atoms with E-state index in [2.05, 4.69) is 5.32 Å². The minimum absolute atomic E-state index is 0.0830. The van der Waals surface area contributed by atoms with Crippen LogP contribution >= 0.6 is 0 Å². The van der Waals surface area contributed by atoms with Crippen LogP contribution in [-0.2, 0) is 31.9 Å². The number of cyclic esters (lactones) is 2. The highest BCUT2D eigenvalue weighted by molar-refractivity contribution is 5.93. The topological polar surface area (TPSA) is 122 Å². The molecule has 2 saturated carbocycles. The maximum Gasteiger partial charge on any atom is 0.416 e. The fraction of sp³-hybridized carbons (Fsp3) is 0.500. The maximum atomic E-state index is 12.2. The van der Waals surface area contributed by atoms with Crippen LogP contribution in [0.25, 0.3) is 0 Å². The molecule has 2 aliphatic carbocycles. The number of carbonyl (C=O) groups excluding carboxylic acids is 3. The molecule has 3 amide bonds. The predicted octanol–water partition coefficient (Wildman–Crippen LogP) is 5.37. The van der Waals surface area contributed by atoms with Gasteiger partial charge in [0.05, 0.1) is 12.1 Å². The molecule has 0 aromatic heterocycles. The summed E-state index contributed by atoms with van der Waals surface area (Å²) in [5, 5.41) is 10.9. The Labute approximate surface area is 241 Å². The Morgan fingerprint density at radius 2 is 1.34 bits per heavy atom. The zero-order chi connectivity index (χ0) is 29.0. The molecule has 2 aliphatic heterocycles. The Hall–Kier alpha value is -3.88. The normalized spacial score (nSPS) is 20.9. The zero-order valence-corrected chi connectivity index (χ0v) is 23.4. The van der Waals surface area contributed by atoms with Crippen LogP contribution in [0.1, 0.15) is 62.5 Å². The smallest absolute Gasteiger partial charge is 0.416 e. The van der Waals surface area contributed by atoms with Gasteiger partial charge in [-0.2, -0.15) is 0 Å². The van der Waals surface area contributed by atoms with Gasteiger partial charge in [-0.1, -0.05) is 86.3 Å². The van der Waals surface area contributed by atoms with Crippen molar-refractivity contribution in [2.75, 3.05) is 13.2 Å². The van der Waals surface area contributed by atoms with E-state index in [1.54, 1.807) is 0 Å².